The lowest BCUT2D eigenvalue weighted by molar-refractivity contribution is -0.123. The van der Waals surface area contributed by atoms with E-state index in [1.807, 2.05) is 19.1 Å². The molecule has 2 rings (SSSR count). The Morgan fingerprint density at radius 2 is 1.70 bits per heavy atom. The average Bonchev–Trinajstić information content (AvgIpc) is 2.70. The molecule has 0 aromatic heterocycles. The zero-order valence-corrected chi connectivity index (χ0v) is 18.9. The van der Waals surface area contributed by atoms with E-state index in [0.29, 0.717) is 5.69 Å². The van der Waals surface area contributed by atoms with Gasteiger partial charge in [0, 0.05) is 18.8 Å². The Labute approximate surface area is 182 Å². The van der Waals surface area contributed by atoms with Gasteiger partial charge in [-0.05, 0) is 44.2 Å². The summed E-state index contributed by atoms with van der Waals surface area (Å²) in [6, 6.07) is 11.0. The number of sulfonamides is 1. The van der Waals surface area contributed by atoms with Gasteiger partial charge in [-0.15, -0.1) is 0 Å². The molecular formula is C21H25ClN2O5S. The number of aryl methyl sites for hydroxylation is 1. The number of hydrogen-bond donors (Lipinski definition) is 1. The van der Waals surface area contributed by atoms with Crippen LogP contribution in [-0.2, 0) is 19.6 Å². The van der Waals surface area contributed by atoms with Crippen molar-refractivity contribution in [3.05, 3.63) is 58.6 Å². The monoisotopic (exact) mass is 452 g/mol. The third-order valence-corrected chi connectivity index (χ3v) is 6.85. The molecule has 0 bridgehead atoms. The number of carbonyl (C=O) groups is 2. The first-order valence-electron chi connectivity index (χ1n) is 9.48. The normalized spacial score (nSPS) is 12.5. The van der Waals surface area contributed by atoms with E-state index in [0.717, 1.165) is 5.56 Å². The minimum Gasteiger partial charge on any atom is -0.449 e. The smallest absolute Gasteiger partial charge is 0.340 e. The first-order chi connectivity index (χ1) is 14.1. The van der Waals surface area contributed by atoms with Gasteiger partial charge >= 0.3 is 5.97 Å². The molecule has 0 fully saturated rings. The molecular weight excluding hydrogens is 428 g/mol. The third kappa shape index (κ3) is 5.59. The second-order valence-electron chi connectivity index (χ2n) is 6.63. The zero-order chi connectivity index (χ0) is 22.5. The van der Waals surface area contributed by atoms with Crippen LogP contribution in [0.2, 0.25) is 5.02 Å². The summed E-state index contributed by atoms with van der Waals surface area (Å²) in [5, 5.41) is 2.69. The van der Waals surface area contributed by atoms with Gasteiger partial charge in [0.1, 0.15) is 0 Å². The number of carbonyl (C=O) groups excluding carboxylic acids is 2. The van der Waals surface area contributed by atoms with Crippen molar-refractivity contribution in [3.8, 4) is 0 Å². The molecule has 2 aromatic carbocycles. The number of nitrogens with one attached hydrogen (secondary N) is 1. The first kappa shape index (κ1) is 23.9. The van der Waals surface area contributed by atoms with E-state index in [2.05, 4.69) is 5.32 Å². The van der Waals surface area contributed by atoms with Crippen LogP contribution in [0.1, 0.15) is 36.7 Å². The Morgan fingerprint density at radius 3 is 2.27 bits per heavy atom. The fraction of sp³-hybridized carbons (Fsp3) is 0.333. The largest absolute Gasteiger partial charge is 0.449 e. The van der Waals surface area contributed by atoms with Crippen LogP contribution >= 0.6 is 11.6 Å². The van der Waals surface area contributed by atoms with Crippen molar-refractivity contribution in [3.63, 3.8) is 0 Å². The molecule has 0 spiro atoms. The van der Waals surface area contributed by atoms with Crippen molar-refractivity contribution in [2.45, 2.75) is 38.7 Å². The summed E-state index contributed by atoms with van der Waals surface area (Å²) < 4.78 is 31.9. The van der Waals surface area contributed by atoms with E-state index in [9.17, 15) is 18.0 Å². The van der Waals surface area contributed by atoms with E-state index in [1.165, 1.54) is 29.4 Å². The predicted octanol–water partition coefficient (Wildman–Crippen LogP) is 3.86. The number of nitrogens with zero attached hydrogens (tertiary/aromatic N) is 1. The highest BCUT2D eigenvalue weighted by Gasteiger charge is 2.26. The number of rotatable bonds is 8. The Bertz CT molecular complexity index is 1020. The zero-order valence-electron chi connectivity index (χ0n) is 17.3. The fourth-order valence-electron chi connectivity index (χ4n) is 2.69. The van der Waals surface area contributed by atoms with E-state index < -0.39 is 28.0 Å². The predicted molar refractivity (Wildman–Crippen MR) is 116 cm³/mol. The number of ether oxygens (including phenoxy) is 1. The number of anilines is 1. The van der Waals surface area contributed by atoms with Gasteiger partial charge in [-0.3, -0.25) is 4.79 Å². The molecule has 0 aliphatic carbocycles. The van der Waals surface area contributed by atoms with Crippen LogP contribution in [0.15, 0.2) is 47.4 Å². The Kier molecular flexibility index (Phi) is 8.00. The molecule has 9 heteroatoms. The Morgan fingerprint density at radius 1 is 1.10 bits per heavy atom. The molecule has 30 heavy (non-hydrogen) atoms. The number of hydrogen-bond acceptors (Lipinski definition) is 5. The summed E-state index contributed by atoms with van der Waals surface area (Å²) in [6.45, 7) is 7.37. The maximum absolute atomic E-state index is 12.7. The SMILES string of the molecule is CCN(CC)S(=O)(=O)c1ccc(Cl)c(C(=O)O[C@@H](C)C(=O)Nc2ccc(C)cc2)c1. The number of benzene rings is 2. The summed E-state index contributed by atoms with van der Waals surface area (Å²) in [5.41, 5.74) is 1.49. The molecule has 0 aliphatic heterocycles. The van der Waals surface area contributed by atoms with Crippen LogP contribution in [0.25, 0.3) is 0 Å². The summed E-state index contributed by atoms with van der Waals surface area (Å²) in [4.78, 5) is 24.8. The molecule has 0 saturated heterocycles. The van der Waals surface area contributed by atoms with Gasteiger partial charge < -0.3 is 10.1 Å². The topological polar surface area (TPSA) is 92.8 Å². The van der Waals surface area contributed by atoms with Gasteiger partial charge in [-0.2, -0.15) is 4.31 Å². The minimum atomic E-state index is -3.78. The molecule has 0 heterocycles. The van der Waals surface area contributed by atoms with Gasteiger partial charge in [-0.25, -0.2) is 13.2 Å². The summed E-state index contributed by atoms with van der Waals surface area (Å²) >= 11 is 6.09. The van der Waals surface area contributed by atoms with E-state index in [1.54, 1.807) is 26.0 Å². The van der Waals surface area contributed by atoms with Crippen LogP contribution in [-0.4, -0.2) is 43.8 Å². The van der Waals surface area contributed by atoms with Crippen molar-refractivity contribution < 1.29 is 22.7 Å². The van der Waals surface area contributed by atoms with Crippen LogP contribution < -0.4 is 5.32 Å². The number of halogens is 1. The Balaban J connectivity index is 2.18. The number of amides is 1. The van der Waals surface area contributed by atoms with E-state index in [-0.39, 0.29) is 28.6 Å². The van der Waals surface area contributed by atoms with Gasteiger partial charge in [-0.1, -0.05) is 43.1 Å². The van der Waals surface area contributed by atoms with Crippen molar-refractivity contribution >= 4 is 39.2 Å². The van der Waals surface area contributed by atoms with Crippen molar-refractivity contribution in [2.75, 3.05) is 18.4 Å². The van der Waals surface area contributed by atoms with Gasteiger partial charge in [0.05, 0.1) is 15.5 Å². The maximum Gasteiger partial charge on any atom is 0.340 e. The highest BCUT2D eigenvalue weighted by Crippen LogP contribution is 2.24. The Hall–Kier alpha value is -2.42. The van der Waals surface area contributed by atoms with E-state index in [4.69, 9.17) is 16.3 Å². The average molecular weight is 453 g/mol. The molecule has 0 aliphatic rings. The van der Waals surface area contributed by atoms with Crippen LogP contribution in [0.4, 0.5) is 5.69 Å². The molecule has 0 radical (unpaired) electrons. The highest BCUT2D eigenvalue weighted by atomic mass is 35.5. The molecule has 2 aromatic rings. The first-order valence-corrected chi connectivity index (χ1v) is 11.3. The second kappa shape index (κ2) is 10.1. The maximum atomic E-state index is 12.7. The lowest BCUT2D eigenvalue weighted by Gasteiger charge is -2.19. The highest BCUT2D eigenvalue weighted by molar-refractivity contribution is 7.89. The summed E-state index contributed by atoms with van der Waals surface area (Å²) in [5.74, 6) is -1.40. The van der Waals surface area contributed by atoms with Gasteiger partial charge in [0.25, 0.3) is 5.91 Å². The van der Waals surface area contributed by atoms with Crippen LogP contribution in [0.3, 0.4) is 0 Å². The molecule has 1 atom stereocenters. The number of esters is 1. The quantitative estimate of drug-likeness (QED) is 0.614. The van der Waals surface area contributed by atoms with E-state index >= 15 is 0 Å². The molecule has 162 valence electrons. The lowest BCUT2D eigenvalue weighted by Crippen LogP contribution is -2.31. The fourth-order valence-corrected chi connectivity index (χ4v) is 4.37. The van der Waals surface area contributed by atoms with Crippen molar-refractivity contribution in [1.82, 2.24) is 4.31 Å². The molecule has 1 N–H and O–H groups in total. The molecule has 1 amide bonds. The second-order valence-corrected chi connectivity index (χ2v) is 8.98. The van der Waals surface area contributed by atoms with Crippen molar-refractivity contribution in [1.29, 1.82) is 0 Å². The summed E-state index contributed by atoms with van der Waals surface area (Å²) in [6.07, 6.45) is -1.11. The van der Waals surface area contributed by atoms with Gasteiger partial charge in [0.15, 0.2) is 6.10 Å². The molecule has 7 nitrogen and oxygen atoms in total. The molecule has 0 unspecified atom stereocenters. The minimum absolute atomic E-state index is 0.0321. The van der Waals surface area contributed by atoms with Crippen molar-refractivity contribution in [2.24, 2.45) is 0 Å². The summed E-state index contributed by atoms with van der Waals surface area (Å²) in [7, 11) is -3.78. The van der Waals surface area contributed by atoms with Crippen LogP contribution in [0, 0.1) is 6.92 Å². The molecule has 0 saturated carbocycles. The van der Waals surface area contributed by atoms with Crippen LogP contribution in [0.5, 0.6) is 0 Å². The third-order valence-electron chi connectivity index (χ3n) is 4.47. The van der Waals surface area contributed by atoms with Gasteiger partial charge in [0.2, 0.25) is 10.0 Å². The lowest BCUT2D eigenvalue weighted by atomic mass is 10.2. The standard InChI is InChI=1S/C21H25ClN2O5S/c1-5-24(6-2)30(27,28)17-11-12-19(22)18(13-17)21(26)29-15(4)20(25)23-16-9-7-14(3)8-10-16/h7-13,15H,5-6H2,1-4H3,(H,23,25)/t15-/m0/s1.